The standard InChI is InChI=1S/C18H18ClN3O4S2/c1-4-22-17(24)16-11(5-6-27-16)21-18(22)28-9-15(23)20-12-7-10(19)13(25-2)8-14(12)26-3/h5-8H,4,9H2,1-3H3,(H,20,23). The van der Waals surface area contributed by atoms with Gasteiger partial charge in [-0.3, -0.25) is 14.2 Å². The lowest BCUT2D eigenvalue weighted by Gasteiger charge is -2.13. The van der Waals surface area contributed by atoms with Gasteiger partial charge in [0.15, 0.2) is 5.16 Å². The van der Waals surface area contributed by atoms with Gasteiger partial charge in [-0.2, -0.15) is 0 Å². The fourth-order valence-electron chi connectivity index (χ4n) is 2.59. The molecule has 28 heavy (non-hydrogen) atoms. The molecular weight excluding hydrogens is 422 g/mol. The third kappa shape index (κ3) is 4.11. The van der Waals surface area contributed by atoms with E-state index in [2.05, 4.69) is 10.3 Å². The van der Waals surface area contributed by atoms with Gasteiger partial charge in [0.2, 0.25) is 5.91 Å². The summed E-state index contributed by atoms with van der Waals surface area (Å²) >= 11 is 8.70. The van der Waals surface area contributed by atoms with Gasteiger partial charge in [-0.05, 0) is 24.4 Å². The first-order valence-electron chi connectivity index (χ1n) is 8.30. The Morgan fingerprint density at radius 3 is 2.75 bits per heavy atom. The number of hydrogen-bond donors (Lipinski definition) is 1. The molecule has 3 aromatic rings. The summed E-state index contributed by atoms with van der Waals surface area (Å²) in [4.78, 5) is 29.5. The highest BCUT2D eigenvalue weighted by Crippen LogP contribution is 2.36. The van der Waals surface area contributed by atoms with E-state index in [-0.39, 0.29) is 17.2 Å². The number of thiophene rings is 1. The monoisotopic (exact) mass is 439 g/mol. The summed E-state index contributed by atoms with van der Waals surface area (Å²) in [5.41, 5.74) is 0.994. The molecule has 10 heteroatoms. The molecule has 1 amide bonds. The van der Waals surface area contributed by atoms with Crippen LogP contribution in [0.2, 0.25) is 5.02 Å². The first kappa shape index (κ1) is 20.5. The number of rotatable bonds is 7. The molecule has 0 radical (unpaired) electrons. The largest absolute Gasteiger partial charge is 0.495 e. The molecule has 148 valence electrons. The van der Waals surface area contributed by atoms with Crippen molar-refractivity contribution >= 4 is 56.5 Å². The maximum absolute atomic E-state index is 12.5. The van der Waals surface area contributed by atoms with Crippen molar-refractivity contribution in [1.82, 2.24) is 9.55 Å². The van der Waals surface area contributed by atoms with Crippen LogP contribution in [0.1, 0.15) is 6.92 Å². The van der Waals surface area contributed by atoms with E-state index in [0.29, 0.717) is 44.1 Å². The predicted molar refractivity (Wildman–Crippen MR) is 113 cm³/mol. The highest BCUT2D eigenvalue weighted by Gasteiger charge is 2.15. The van der Waals surface area contributed by atoms with Gasteiger partial charge in [0, 0.05) is 12.6 Å². The summed E-state index contributed by atoms with van der Waals surface area (Å²) < 4.78 is 12.6. The molecule has 0 bridgehead atoms. The molecule has 1 N–H and O–H groups in total. The normalized spacial score (nSPS) is 10.9. The van der Waals surface area contributed by atoms with E-state index in [1.165, 1.54) is 37.3 Å². The van der Waals surface area contributed by atoms with Gasteiger partial charge in [0.25, 0.3) is 5.56 Å². The third-order valence-corrected chi connectivity index (χ3v) is 6.09. The third-order valence-electron chi connectivity index (χ3n) is 3.93. The van der Waals surface area contributed by atoms with Crippen LogP contribution >= 0.6 is 34.7 Å². The van der Waals surface area contributed by atoms with Crippen molar-refractivity contribution in [2.45, 2.75) is 18.6 Å². The Balaban J connectivity index is 1.77. The molecule has 3 rings (SSSR count). The number of fused-ring (bicyclic) bond motifs is 1. The molecule has 0 unspecified atom stereocenters. The van der Waals surface area contributed by atoms with Gasteiger partial charge in [0.1, 0.15) is 16.2 Å². The number of benzene rings is 1. The number of carbonyl (C=O) groups excluding carboxylic acids is 1. The van der Waals surface area contributed by atoms with Crippen molar-refractivity contribution in [3.8, 4) is 11.5 Å². The minimum Gasteiger partial charge on any atom is -0.495 e. The zero-order valence-electron chi connectivity index (χ0n) is 15.4. The molecule has 0 aliphatic heterocycles. The van der Waals surface area contributed by atoms with E-state index in [1.807, 2.05) is 12.3 Å². The second-order valence-electron chi connectivity index (χ2n) is 5.60. The molecular formula is C18H18ClN3O4S2. The summed E-state index contributed by atoms with van der Waals surface area (Å²) in [5.74, 6) is 0.690. The first-order valence-corrected chi connectivity index (χ1v) is 10.5. The Kier molecular flexibility index (Phi) is 6.48. The van der Waals surface area contributed by atoms with E-state index in [0.717, 1.165) is 0 Å². The van der Waals surface area contributed by atoms with Crippen LogP contribution in [0.3, 0.4) is 0 Å². The van der Waals surface area contributed by atoms with Crippen molar-refractivity contribution in [3.05, 3.63) is 39.0 Å². The number of thioether (sulfide) groups is 1. The second kappa shape index (κ2) is 8.85. The topological polar surface area (TPSA) is 82.5 Å². The SMILES string of the molecule is CCn1c(SCC(=O)Nc2cc(Cl)c(OC)cc2OC)nc2ccsc2c1=O. The number of methoxy groups -OCH3 is 2. The maximum Gasteiger partial charge on any atom is 0.272 e. The highest BCUT2D eigenvalue weighted by atomic mass is 35.5. The fourth-order valence-corrected chi connectivity index (χ4v) is 4.47. The number of hydrogen-bond acceptors (Lipinski definition) is 7. The average molecular weight is 440 g/mol. The lowest BCUT2D eigenvalue weighted by atomic mass is 10.2. The Bertz CT molecular complexity index is 1080. The number of ether oxygens (including phenoxy) is 2. The van der Waals surface area contributed by atoms with Gasteiger partial charge < -0.3 is 14.8 Å². The minimum atomic E-state index is -0.271. The van der Waals surface area contributed by atoms with Crippen LogP contribution in [0.4, 0.5) is 5.69 Å². The van der Waals surface area contributed by atoms with Crippen LogP contribution in [0.5, 0.6) is 11.5 Å². The van der Waals surface area contributed by atoms with Gasteiger partial charge in [-0.1, -0.05) is 23.4 Å². The molecule has 0 saturated heterocycles. The van der Waals surface area contributed by atoms with E-state index in [1.54, 1.807) is 22.8 Å². The second-order valence-corrected chi connectivity index (χ2v) is 7.87. The van der Waals surface area contributed by atoms with Gasteiger partial charge in [-0.25, -0.2) is 4.98 Å². The summed E-state index contributed by atoms with van der Waals surface area (Å²) in [6, 6.07) is 4.97. The highest BCUT2D eigenvalue weighted by molar-refractivity contribution is 7.99. The van der Waals surface area contributed by atoms with Crippen LogP contribution < -0.4 is 20.3 Å². The molecule has 0 aliphatic carbocycles. The Hall–Kier alpha value is -2.23. The van der Waals surface area contributed by atoms with Crippen molar-refractivity contribution < 1.29 is 14.3 Å². The lowest BCUT2D eigenvalue weighted by molar-refractivity contribution is -0.113. The molecule has 1 aromatic carbocycles. The quantitative estimate of drug-likeness (QED) is 0.444. The van der Waals surface area contributed by atoms with E-state index in [9.17, 15) is 9.59 Å². The van der Waals surface area contributed by atoms with Gasteiger partial charge >= 0.3 is 0 Å². The van der Waals surface area contributed by atoms with Gasteiger partial charge in [0.05, 0.1) is 36.2 Å². The van der Waals surface area contributed by atoms with Crippen LogP contribution in [-0.2, 0) is 11.3 Å². The zero-order chi connectivity index (χ0) is 20.3. The van der Waals surface area contributed by atoms with Crippen molar-refractivity contribution in [2.24, 2.45) is 0 Å². The summed E-state index contributed by atoms with van der Waals surface area (Å²) in [7, 11) is 2.99. The van der Waals surface area contributed by atoms with Crippen LogP contribution in [0.25, 0.3) is 10.2 Å². The summed E-state index contributed by atoms with van der Waals surface area (Å²) in [6.07, 6.45) is 0. The number of nitrogens with one attached hydrogen (secondary N) is 1. The number of halogens is 1. The molecule has 7 nitrogen and oxygen atoms in total. The molecule has 0 saturated carbocycles. The van der Waals surface area contributed by atoms with E-state index in [4.69, 9.17) is 21.1 Å². The van der Waals surface area contributed by atoms with Gasteiger partial charge in [-0.15, -0.1) is 11.3 Å². The van der Waals surface area contributed by atoms with Crippen LogP contribution in [0, 0.1) is 0 Å². The maximum atomic E-state index is 12.5. The zero-order valence-corrected chi connectivity index (χ0v) is 17.8. The Morgan fingerprint density at radius 1 is 1.32 bits per heavy atom. The summed E-state index contributed by atoms with van der Waals surface area (Å²) in [6.45, 7) is 2.35. The Labute approximate surface area is 174 Å². The average Bonchev–Trinajstić information content (AvgIpc) is 3.15. The minimum absolute atomic E-state index is 0.0783. The fraction of sp³-hybridized carbons (Fsp3) is 0.278. The molecule has 0 spiro atoms. The van der Waals surface area contributed by atoms with E-state index >= 15 is 0 Å². The van der Waals surface area contributed by atoms with Crippen molar-refractivity contribution in [1.29, 1.82) is 0 Å². The molecule has 0 aliphatic rings. The number of anilines is 1. The van der Waals surface area contributed by atoms with Crippen molar-refractivity contribution in [3.63, 3.8) is 0 Å². The number of amides is 1. The predicted octanol–water partition coefficient (Wildman–Crippen LogP) is 3.88. The molecule has 0 fully saturated rings. The lowest BCUT2D eigenvalue weighted by Crippen LogP contribution is -2.22. The number of nitrogens with zero attached hydrogens (tertiary/aromatic N) is 2. The molecule has 2 heterocycles. The number of aromatic nitrogens is 2. The number of carbonyl (C=O) groups is 1. The summed E-state index contributed by atoms with van der Waals surface area (Å²) in [5, 5.41) is 5.47. The first-order chi connectivity index (χ1) is 13.5. The van der Waals surface area contributed by atoms with Crippen LogP contribution in [0.15, 0.2) is 33.5 Å². The smallest absolute Gasteiger partial charge is 0.272 e. The van der Waals surface area contributed by atoms with Crippen molar-refractivity contribution in [2.75, 3.05) is 25.3 Å². The molecule has 2 aromatic heterocycles. The van der Waals surface area contributed by atoms with E-state index < -0.39 is 0 Å². The van der Waals surface area contributed by atoms with Crippen LogP contribution in [-0.4, -0.2) is 35.4 Å². The molecule has 0 atom stereocenters. The Morgan fingerprint density at radius 2 is 2.07 bits per heavy atom.